The van der Waals surface area contributed by atoms with Crippen LogP contribution in [-0.4, -0.2) is 70.5 Å². The topological polar surface area (TPSA) is 128 Å². The molecular formula is C23H37N3O6. The van der Waals surface area contributed by atoms with E-state index in [9.17, 15) is 24.6 Å². The smallest absolute Gasteiger partial charge is 0.408 e. The van der Waals surface area contributed by atoms with Gasteiger partial charge in [-0.05, 0) is 39.7 Å². The number of alkyl carbamates (subject to hydrolysis) is 1. The van der Waals surface area contributed by atoms with Gasteiger partial charge in [-0.1, -0.05) is 43.7 Å². The first-order chi connectivity index (χ1) is 15.0. The van der Waals surface area contributed by atoms with Crippen LogP contribution in [0.4, 0.5) is 4.79 Å². The molecule has 9 nitrogen and oxygen atoms in total. The van der Waals surface area contributed by atoms with Crippen molar-refractivity contribution in [2.24, 2.45) is 0 Å². The van der Waals surface area contributed by atoms with Crippen molar-refractivity contribution in [3.63, 3.8) is 0 Å². The van der Waals surface area contributed by atoms with Crippen LogP contribution in [0.1, 0.15) is 59.1 Å². The van der Waals surface area contributed by atoms with Gasteiger partial charge in [-0.25, -0.2) is 4.79 Å². The fourth-order valence-corrected chi connectivity index (χ4v) is 3.24. The molecule has 0 bridgehead atoms. The lowest BCUT2D eigenvalue weighted by atomic mass is 10.0. The zero-order chi connectivity index (χ0) is 24.3. The summed E-state index contributed by atoms with van der Waals surface area (Å²) in [6.45, 7) is 7.64. The number of hydrogen-bond donors (Lipinski definition) is 4. The number of aliphatic hydroxyl groups excluding tert-OH is 2. The second kappa shape index (κ2) is 13.0. The van der Waals surface area contributed by atoms with E-state index >= 15 is 0 Å². The quantitative estimate of drug-likeness (QED) is 0.406. The van der Waals surface area contributed by atoms with E-state index in [1.807, 2.05) is 13.8 Å². The summed E-state index contributed by atoms with van der Waals surface area (Å²) in [4.78, 5) is 39.8. The molecule has 0 spiro atoms. The highest BCUT2D eigenvalue weighted by atomic mass is 16.6. The third-order valence-electron chi connectivity index (χ3n) is 4.58. The van der Waals surface area contributed by atoms with Crippen molar-refractivity contribution in [3.05, 3.63) is 35.9 Å². The van der Waals surface area contributed by atoms with Crippen LogP contribution in [-0.2, 0) is 14.3 Å². The first-order valence-corrected chi connectivity index (χ1v) is 10.9. The van der Waals surface area contributed by atoms with Gasteiger partial charge in [0.15, 0.2) is 0 Å². The summed E-state index contributed by atoms with van der Waals surface area (Å²) in [5, 5.41) is 24.7. The Hall–Kier alpha value is -2.65. The highest BCUT2D eigenvalue weighted by Gasteiger charge is 2.36. The number of aliphatic hydroxyl groups is 2. The van der Waals surface area contributed by atoms with Gasteiger partial charge in [-0.15, -0.1) is 0 Å². The van der Waals surface area contributed by atoms with E-state index in [0.717, 1.165) is 12.8 Å². The molecule has 1 rings (SSSR count). The predicted octanol–water partition coefficient (Wildman–Crippen LogP) is 1.74. The van der Waals surface area contributed by atoms with Gasteiger partial charge < -0.3 is 30.5 Å². The molecule has 9 heteroatoms. The summed E-state index contributed by atoms with van der Waals surface area (Å²) in [5.41, 5.74) is -0.246. The van der Waals surface area contributed by atoms with Gasteiger partial charge in [0.1, 0.15) is 17.7 Å². The van der Waals surface area contributed by atoms with Gasteiger partial charge in [-0.2, -0.15) is 0 Å². The highest BCUT2D eigenvalue weighted by Crippen LogP contribution is 2.23. The number of ether oxygens (including phenoxy) is 1. The monoisotopic (exact) mass is 451 g/mol. The van der Waals surface area contributed by atoms with Crippen molar-refractivity contribution in [2.75, 3.05) is 19.8 Å². The third-order valence-corrected chi connectivity index (χ3v) is 4.58. The van der Waals surface area contributed by atoms with E-state index in [0.29, 0.717) is 5.56 Å². The number of benzene rings is 1. The Bertz CT molecular complexity index is 735. The average Bonchev–Trinajstić information content (AvgIpc) is 2.70. The molecule has 0 saturated carbocycles. The maximum atomic E-state index is 13.3. The minimum absolute atomic E-state index is 0.113. The van der Waals surface area contributed by atoms with Crippen LogP contribution < -0.4 is 10.6 Å². The van der Waals surface area contributed by atoms with E-state index in [4.69, 9.17) is 4.74 Å². The van der Waals surface area contributed by atoms with E-state index in [2.05, 4.69) is 10.6 Å². The Kier molecular flexibility index (Phi) is 11.1. The second-order valence-electron chi connectivity index (χ2n) is 8.65. The van der Waals surface area contributed by atoms with Gasteiger partial charge in [0.25, 0.3) is 0 Å². The average molecular weight is 452 g/mol. The lowest BCUT2D eigenvalue weighted by molar-refractivity contribution is -0.144. The van der Waals surface area contributed by atoms with Gasteiger partial charge in [0.2, 0.25) is 11.8 Å². The molecule has 0 saturated heterocycles. The number of carbonyl (C=O) groups excluding carboxylic acids is 3. The summed E-state index contributed by atoms with van der Waals surface area (Å²) in [6, 6.07) is 6.19. The van der Waals surface area contributed by atoms with Crippen molar-refractivity contribution >= 4 is 17.9 Å². The first kappa shape index (κ1) is 27.4. The number of nitrogens with one attached hydrogen (secondary N) is 2. The number of hydrogen-bond acceptors (Lipinski definition) is 6. The molecule has 0 radical (unpaired) electrons. The molecule has 0 aliphatic rings. The van der Waals surface area contributed by atoms with Crippen LogP contribution in [0.5, 0.6) is 0 Å². The van der Waals surface area contributed by atoms with E-state index in [1.54, 1.807) is 51.1 Å². The zero-order valence-corrected chi connectivity index (χ0v) is 19.6. The molecule has 0 aliphatic carbocycles. The molecule has 32 heavy (non-hydrogen) atoms. The maximum absolute atomic E-state index is 13.3. The second-order valence-corrected chi connectivity index (χ2v) is 8.65. The van der Waals surface area contributed by atoms with Crippen molar-refractivity contribution in [1.82, 2.24) is 15.5 Å². The van der Waals surface area contributed by atoms with E-state index in [-0.39, 0.29) is 12.6 Å². The molecule has 0 heterocycles. The molecule has 0 aliphatic heterocycles. The van der Waals surface area contributed by atoms with Crippen LogP contribution in [0.25, 0.3) is 0 Å². The van der Waals surface area contributed by atoms with Crippen molar-refractivity contribution in [3.8, 4) is 0 Å². The van der Waals surface area contributed by atoms with Crippen LogP contribution in [0.15, 0.2) is 30.3 Å². The maximum Gasteiger partial charge on any atom is 0.408 e. The molecule has 180 valence electrons. The lowest BCUT2D eigenvalue weighted by Gasteiger charge is -2.34. The fourth-order valence-electron chi connectivity index (χ4n) is 3.24. The van der Waals surface area contributed by atoms with Crippen LogP contribution >= 0.6 is 0 Å². The van der Waals surface area contributed by atoms with Crippen LogP contribution in [0.3, 0.4) is 0 Å². The van der Waals surface area contributed by atoms with Gasteiger partial charge >= 0.3 is 6.09 Å². The lowest BCUT2D eigenvalue weighted by Crippen LogP contribution is -2.55. The summed E-state index contributed by atoms with van der Waals surface area (Å²) < 4.78 is 5.17. The largest absolute Gasteiger partial charge is 0.444 e. The third kappa shape index (κ3) is 8.84. The number of rotatable bonds is 11. The SMILES string of the molecule is CCCC(C)NC(=O)C(c1ccccc1)N(CCO)C(=O)C(CO)NC(=O)OC(C)(C)C. The molecule has 0 aromatic heterocycles. The van der Waals surface area contributed by atoms with Crippen molar-refractivity contribution in [1.29, 1.82) is 0 Å². The molecule has 1 aromatic rings. The summed E-state index contributed by atoms with van der Waals surface area (Å²) >= 11 is 0. The normalized spacial score (nSPS) is 14.1. The molecule has 3 atom stereocenters. The minimum atomic E-state index is -1.34. The molecule has 3 unspecified atom stereocenters. The number of amides is 3. The highest BCUT2D eigenvalue weighted by molar-refractivity contribution is 5.92. The Morgan fingerprint density at radius 3 is 2.22 bits per heavy atom. The molecular weight excluding hydrogens is 414 g/mol. The number of nitrogens with zero attached hydrogens (tertiary/aromatic N) is 1. The van der Waals surface area contributed by atoms with Gasteiger partial charge in [0, 0.05) is 12.6 Å². The summed E-state index contributed by atoms with van der Waals surface area (Å²) in [7, 11) is 0. The van der Waals surface area contributed by atoms with Crippen LogP contribution in [0.2, 0.25) is 0 Å². The molecule has 4 N–H and O–H groups in total. The minimum Gasteiger partial charge on any atom is -0.444 e. The van der Waals surface area contributed by atoms with Crippen molar-refractivity contribution in [2.45, 2.75) is 71.2 Å². The first-order valence-electron chi connectivity index (χ1n) is 10.9. The fraction of sp³-hybridized carbons (Fsp3) is 0.609. The molecule has 1 aromatic carbocycles. The van der Waals surface area contributed by atoms with Crippen molar-refractivity contribution < 1.29 is 29.3 Å². The molecule has 0 fully saturated rings. The van der Waals surface area contributed by atoms with Gasteiger partial charge in [-0.3, -0.25) is 9.59 Å². The Morgan fingerprint density at radius 1 is 1.09 bits per heavy atom. The van der Waals surface area contributed by atoms with Crippen LogP contribution in [0, 0.1) is 0 Å². The standard InChI is InChI=1S/C23H37N3O6/c1-6-10-16(2)24-20(29)19(17-11-8-7-9-12-17)26(13-14-27)21(30)18(15-28)25-22(31)32-23(3,4)5/h7-9,11-12,16,18-19,27-28H,6,10,13-15H2,1-5H3,(H,24,29)(H,25,31). The summed E-state index contributed by atoms with van der Waals surface area (Å²) in [5.74, 6) is -1.12. The van der Waals surface area contributed by atoms with Gasteiger partial charge in [0.05, 0.1) is 13.2 Å². The number of carbonyl (C=O) groups is 3. The predicted molar refractivity (Wildman–Crippen MR) is 121 cm³/mol. The van der Waals surface area contributed by atoms with E-state index < -0.39 is 48.8 Å². The Morgan fingerprint density at radius 2 is 1.72 bits per heavy atom. The Balaban J connectivity index is 3.23. The van der Waals surface area contributed by atoms with E-state index in [1.165, 1.54) is 4.90 Å². The zero-order valence-electron chi connectivity index (χ0n) is 19.6. The molecule has 3 amide bonds. The Labute approximate surface area is 190 Å². The summed E-state index contributed by atoms with van der Waals surface area (Å²) in [6.07, 6.45) is 0.773.